The fourth-order valence-electron chi connectivity index (χ4n) is 2.82. The lowest BCUT2D eigenvalue weighted by atomic mass is 10.2. The molecular formula is C20H26N2O3S. The fourth-order valence-corrected chi connectivity index (χ4v) is 3.73. The van der Waals surface area contributed by atoms with Crippen molar-refractivity contribution in [1.82, 2.24) is 0 Å². The van der Waals surface area contributed by atoms with Gasteiger partial charge in [-0.25, -0.2) is 4.79 Å². The molecule has 0 aliphatic carbocycles. The number of amides is 1. The molecule has 2 rings (SSSR count). The third kappa shape index (κ3) is 5.08. The van der Waals surface area contributed by atoms with Crippen LogP contribution in [0.5, 0.6) is 0 Å². The molecule has 140 valence electrons. The SMILES string of the molecule is CCN(c1ccc(NC(=O)COC(=O)c2cc(C)sc2C)cc1)C(C)C. The molecule has 0 atom stereocenters. The van der Waals surface area contributed by atoms with Gasteiger partial charge in [-0.15, -0.1) is 11.3 Å². The molecule has 5 nitrogen and oxygen atoms in total. The second-order valence-corrected chi connectivity index (χ2v) is 7.84. The number of hydrogen-bond acceptors (Lipinski definition) is 5. The highest BCUT2D eigenvalue weighted by Crippen LogP contribution is 2.22. The van der Waals surface area contributed by atoms with Crippen molar-refractivity contribution in [3.05, 3.63) is 45.6 Å². The molecule has 1 heterocycles. The van der Waals surface area contributed by atoms with Crippen molar-refractivity contribution >= 4 is 34.6 Å². The Kier molecular flexibility index (Phi) is 6.80. The van der Waals surface area contributed by atoms with Gasteiger partial charge in [0.15, 0.2) is 6.61 Å². The van der Waals surface area contributed by atoms with Gasteiger partial charge < -0.3 is 15.0 Å². The quantitative estimate of drug-likeness (QED) is 0.730. The van der Waals surface area contributed by atoms with Gasteiger partial charge in [-0.05, 0) is 65.0 Å². The van der Waals surface area contributed by atoms with Crippen molar-refractivity contribution < 1.29 is 14.3 Å². The van der Waals surface area contributed by atoms with E-state index in [0.29, 0.717) is 17.3 Å². The second-order valence-electron chi connectivity index (χ2n) is 6.38. The number of aryl methyl sites for hydroxylation is 2. The molecule has 0 fully saturated rings. The molecule has 0 saturated carbocycles. The molecule has 0 radical (unpaired) electrons. The standard InChI is InChI=1S/C20H26N2O3S/c1-6-22(13(2)3)17-9-7-16(8-10-17)21-19(23)12-25-20(24)18-11-14(4)26-15(18)5/h7-11,13H,6,12H2,1-5H3,(H,21,23). The summed E-state index contributed by atoms with van der Waals surface area (Å²) in [6.07, 6.45) is 0. The number of ether oxygens (including phenoxy) is 1. The number of nitrogens with zero attached hydrogens (tertiary/aromatic N) is 1. The van der Waals surface area contributed by atoms with Crippen LogP contribution < -0.4 is 10.2 Å². The van der Waals surface area contributed by atoms with Crippen molar-refractivity contribution in [2.75, 3.05) is 23.4 Å². The van der Waals surface area contributed by atoms with Crippen LogP contribution in [0.25, 0.3) is 0 Å². The van der Waals surface area contributed by atoms with Gasteiger partial charge in [0.25, 0.3) is 5.91 Å². The summed E-state index contributed by atoms with van der Waals surface area (Å²) in [5.41, 5.74) is 2.31. The zero-order chi connectivity index (χ0) is 19.3. The van der Waals surface area contributed by atoms with E-state index in [1.165, 1.54) is 11.3 Å². The van der Waals surface area contributed by atoms with Gasteiger partial charge in [0.1, 0.15) is 0 Å². The average molecular weight is 375 g/mol. The Labute approximate surface area is 159 Å². The topological polar surface area (TPSA) is 58.6 Å². The summed E-state index contributed by atoms with van der Waals surface area (Å²) < 4.78 is 5.11. The van der Waals surface area contributed by atoms with Crippen LogP contribution in [0.4, 0.5) is 11.4 Å². The smallest absolute Gasteiger partial charge is 0.339 e. The fraction of sp³-hybridized carbons (Fsp3) is 0.400. The monoisotopic (exact) mass is 374 g/mol. The van der Waals surface area contributed by atoms with Gasteiger partial charge >= 0.3 is 5.97 Å². The summed E-state index contributed by atoms with van der Waals surface area (Å²) in [5, 5.41) is 2.75. The van der Waals surface area contributed by atoms with Crippen molar-refractivity contribution in [3.8, 4) is 0 Å². The lowest BCUT2D eigenvalue weighted by Crippen LogP contribution is -2.30. The molecular weight excluding hydrogens is 348 g/mol. The number of rotatable bonds is 7. The molecule has 6 heteroatoms. The van der Waals surface area contributed by atoms with E-state index >= 15 is 0 Å². The van der Waals surface area contributed by atoms with E-state index in [0.717, 1.165) is 22.0 Å². The number of anilines is 2. The van der Waals surface area contributed by atoms with E-state index < -0.39 is 5.97 Å². The number of esters is 1. The Bertz CT molecular complexity index is 766. The Morgan fingerprint density at radius 2 is 1.85 bits per heavy atom. The lowest BCUT2D eigenvalue weighted by molar-refractivity contribution is -0.119. The number of nitrogens with one attached hydrogen (secondary N) is 1. The van der Waals surface area contributed by atoms with E-state index in [2.05, 4.69) is 31.0 Å². The van der Waals surface area contributed by atoms with Crippen LogP contribution in [-0.2, 0) is 9.53 Å². The van der Waals surface area contributed by atoms with E-state index in [4.69, 9.17) is 4.74 Å². The van der Waals surface area contributed by atoms with Crippen LogP contribution in [0, 0.1) is 13.8 Å². The number of carbonyl (C=O) groups is 2. The van der Waals surface area contributed by atoms with Crippen LogP contribution in [0.1, 0.15) is 40.9 Å². The van der Waals surface area contributed by atoms with Crippen LogP contribution in [0.2, 0.25) is 0 Å². The molecule has 0 aliphatic rings. The minimum absolute atomic E-state index is 0.304. The molecule has 1 aromatic carbocycles. The number of benzene rings is 1. The van der Waals surface area contributed by atoms with Gasteiger partial charge in [0.05, 0.1) is 5.56 Å². The van der Waals surface area contributed by atoms with Gasteiger partial charge in [-0.1, -0.05) is 0 Å². The summed E-state index contributed by atoms with van der Waals surface area (Å²) >= 11 is 1.54. The summed E-state index contributed by atoms with van der Waals surface area (Å²) in [5.74, 6) is -0.820. The molecule has 0 unspecified atom stereocenters. The molecule has 0 spiro atoms. The maximum Gasteiger partial charge on any atom is 0.339 e. The van der Waals surface area contributed by atoms with Crippen molar-refractivity contribution in [2.24, 2.45) is 0 Å². The lowest BCUT2D eigenvalue weighted by Gasteiger charge is -2.27. The molecule has 26 heavy (non-hydrogen) atoms. The van der Waals surface area contributed by atoms with Crippen LogP contribution in [0.3, 0.4) is 0 Å². The van der Waals surface area contributed by atoms with Crippen molar-refractivity contribution in [3.63, 3.8) is 0 Å². The van der Waals surface area contributed by atoms with E-state index in [1.54, 1.807) is 6.07 Å². The number of thiophene rings is 1. The minimum atomic E-state index is -0.465. The first-order valence-corrected chi connectivity index (χ1v) is 9.54. The predicted molar refractivity (Wildman–Crippen MR) is 107 cm³/mol. The van der Waals surface area contributed by atoms with E-state index in [9.17, 15) is 9.59 Å². The first-order valence-electron chi connectivity index (χ1n) is 8.72. The highest BCUT2D eigenvalue weighted by atomic mass is 32.1. The number of hydrogen-bond donors (Lipinski definition) is 1. The summed E-state index contributed by atoms with van der Waals surface area (Å²) in [6, 6.07) is 9.85. The van der Waals surface area contributed by atoms with Crippen molar-refractivity contribution in [1.29, 1.82) is 0 Å². The normalized spacial score (nSPS) is 10.7. The van der Waals surface area contributed by atoms with Gasteiger partial charge in [-0.3, -0.25) is 4.79 Å². The summed E-state index contributed by atoms with van der Waals surface area (Å²) in [7, 11) is 0. The first-order chi connectivity index (χ1) is 12.3. The third-order valence-electron chi connectivity index (χ3n) is 4.04. The first kappa shape index (κ1) is 20.0. The van der Waals surface area contributed by atoms with Gasteiger partial charge in [0.2, 0.25) is 0 Å². The molecule has 0 aliphatic heterocycles. The summed E-state index contributed by atoms with van der Waals surface area (Å²) in [4.78, 5) is 28.3. The Morgan fingerprint density at radius 3 is 2.35 bits per heavy atom. The molecule has 2 aromatic rings. The highest BCUT2D eigenvalue weighted by molar-refractivity contribution is 7.12. The predicted octanol–water partition coefficient (Wildman–Crippen LogP) is 4.40. The molecule has 1 N–H and O–H groups in total. The average Bonchev–Trinajstić information content (AvgIpc) is 2.93. The van der Waals surface area contributed by atoms with Gasteiger partial charge in [-0.2, -0.15) is 0 Å². The third-order valence-corrected chi connectivity index (χ3v) is 5.01. The number of carbonyl (C=O) groups excluding carboxylic acids is 2. The Morgan fingerprint density at radius 1 is 1.19 bits per heavy atom. The summed E-state index contributed by atoms with van der Waals surface area (Å²) in [6.45, 7) is 10.8. The molecule has 0 bridgehead atoms. The highest BCUT2D eigenvalue weighted by Gasteiger charge is 2.15. The van der Waals surface area contributed by atoms with Gasteiger partial charge in [0, 0.05) is 33.7 Å². The van der Waals surface area contributed by atoms with E-state index in [-0.39, 0.29) is 12.5 Å². The van der Waals surface area contributed by atoms with Crippen molar-refractivity contribution in [2.45, 2.75) is 40.7 Å². The second kappa shape index (κ2) is 8.85. The van der Waals surface area contributed by atoms with Crippen LogP contribution >= 0.6 is 11.3 Å². The molecule has 0 saturated heterocycles. The zero-order valence-electron chi connectivity index (χ0n) is 16.0. The Hall–Kier alpha value is -2.34. The minimum Gasteiger partial charge on any atom is -0.452 e. The van der Waals surface area contributed by atoms with E-state index in [1.807, 2.05) is 38.1 Å². The van der Waals surface area contributed by atoms with Crippen LogP contribution in [0.15, 0.2) is 30.3 Å². The maximum atomic E-state index is 12.1. The zero-order valence-corrected chi connectivity index (χ0v) is 16.8. The largest absolute Gasteiger partial charge is 0.452 e. The Balaban J connectivity index is 1.89. The van der Waals surface area contributed by atoms with Crippen LogP contribution in [-0.4, -0.2) is 31.1 Å². The molecule has 1 amide bonds. The molecule has 1 aromatic heterocycles. The maximum absolute atomic E-state index is 12.1.